The highest BCUT2D eigenvalue weighted by atomic mass is 16.4. The highest BCUT2D eigenvalue weighted by Crippen LogP contribution is 2.06. The monoisotopic (exact) mass is 274 g/mol. The third-order valence-corrected chi connectivity index (χ3v) is 2.48. The van der Waals surface area contributed by atoms with Gasteiger partial charge in [0.2, 0.25) is 5.91 Å². The van der Waals surface area contributed by atoms with Crippen molar-refractivity contribution in [3.05, 3.63) is 41.5 Å². The van der Waals surface area contributed by atoms with Crippen LogP contribution >= 0.6 is 0 Å². The lowest BCUT2D eigenvalue weighted by Crippen LogP contribution is -2.40. The van der Waals surface area contributed by atoms with Gasteiger partial charge in [-0.2, -0.15) is 5.26 Å². The van der Waals surface area contributed by atoms with Crippen molar-refractivity contribution in [2.75, 3.05) is 6.61 Å². The van der Waals surface area contributed by atoms with Crippen molar-refractivity contribution in [1.29, 1.82) is 5.26 Å². The lowest BCUT2D eigenvalue weighted by atomic mass is 10.1. The summed E-state index contributed by atoms with van der Waals surface area (Å²) in [7, 11) is 0. The standard InChI is InChI=1S/C14H14N2O4/c15-9-11-3-1-2-10(8-11)4-5-13(18)16-12(6-7-17)14(19)20/h1-5,8,12,17H,6-7H2,(H,16,18)(H,19,20)/b5-4+/t12-/m1/s1. The highest BCUT2D eigenvalue weighted by molar-refractivity contribution is 5.94. The van der Waals surface area contributed by atoms with Crippen molar-refractivity contribution in [2.24, 2.45) is 0 Å². The zero-order valence-corrected chi connectivity index (χ0v) is 10.6. The largest absolute Gasteiger partial charge is 0.480 e. The molecule has 1 atom stereocenters. The Morgan fingerprint density at radius 3 is 2.80 bits per heavy atom. The summed E-state index contributed by atoms with van der Waals surface area (Å²) >= 11 is 0. The van der Waals surface area contributed by atoms with Crippen LogP contribution in [0.25, 0.3) is 6.08 Å². The van der Waals surface area contributed by atoms with E-state index >= 15 is 0 Å². The number of nitrogens with zero attached hydrogens (tertiary/aromatic N) is 1. The Kier molecular flexibility index (Phi) is 5.94. The minimum Gasteiger partial charge on any atom is -0.480 e. The van der Waals surface area contributed by atoms with Crippen molar-refractivity contribution in [2.45, 2.75) is 12.5 Å². The molecule has 6 heteroatoms. The van der Waals surface area contributed by atoms with Crippen molar-refractivity contribution >= 4 is 18.0 Å². The van der Waals surface area contributed by atoms with Crippen molar-refractivity contribution in [3.63, 3.8) is 0 Å². The first kappa shape index (κ1) is 15.4. The number of carbonyl (C=O) groups excluding carboxylic acids is 1. The summed E-state index contributed by atoms with van der Waals surface area (Å²) in [5.74, 6) is -1.78. The van der Waals surface area contributed by atoms with Gasteiger partial charge in [0.1, 0.15) is 6.04 Å². The quantitative estimate of drug-likeness (QED) is 0.655. The van der Waals surface area contributed by atoms with Crippen LogP contribution in [-0.2, 0) is 9.59 Å². The van der Waals surface area contributed by atoms with E-state index in [1.807, 2.05) is 6.07 Å². The number of rotatable bonds is 6. The normalized spacial score (nSPS) is 11.8. The first-order valence-electron chi connectivity index (χ1n) is 5.89. The fourth-order valence-electron chi connectivity index (χ4n) is 1.49. The van der Waals surface area contributed by atoms with Gasteiger partial charge in [-0.1, -0.05) is 12.1 Å². The number of amides is 1. The van der Waals surface area contributed by atoms with Gasteiger partial charge in [0, 0.05) is 19.1 Å². The number of benzene rings is 1. The fraction of sp³-hybridized carbons (Fsp3) is 0.214. The Morgan fingerprint density at radius 1 is 1.45 bits per heavy atom. The summed E-state index contributed by atoms with van der Waals surface area (Å²) in [6.45, 7) is -0.328. The van der Waals surface area contributed by atoms with E-state index in [2.05, 4.69) is 5.32 Å². The molecule has 3 N–H and O–H groups in total. The second kappa shape index (κ2) is 7.71. The molecule has 0 unspecified atom stereocenters. The first-order chi connectivity index (χ1) is 9.56. The maximum absolute atomic E-state index is 11.6. The maximum atomic E-state index is 11.6. The number of carboxylic acid groups (broad SMARTS) is 1. The molecule has 0 aliphatic carbocycles. The van der Waals surface area contributed by atoms with E-state index in [9.17, 15) is 9.59 Å². The van der Waals surface area contributed by atoms with Gasteiger partial charge in [0.05, 0.1) is 11.6 Å². The van der Waals surface area contributed by atoms with E-state index in [4.69, 9.17) is 15.5 Å². The number of aliphatic hydroxyl groups excluding tert-OH is 1. The average molecular weight is 274 g/mol. The van der Waals surface area contributed by atoms with E-state index < -0.39 is 17.9 Å². The maximum Gasteiger partial charge on any atom is 0.326 e. The number of carboxylic acids is 1. The molecule has 1 amide bonds. The van der Waals surface area contributed by atoms with Gasteiger partial charge in [-0.25, -0.2) is 4.79 Å². The first-order valence-corrected chi connectivity index (χ1v) is 5.89. The van der Waals surface area contributed by atoms with Crippen LogP contribution in [0.3, 0.4) is 0 Å². The van der Waals surface area contributed by atoms with Crippen molar-refractivity contribution < 1.29 is 19.8 Å². The van der Waals surface area contributed by atoms with Gasteiger partial charge in [0.25, 0.3) is 0 Å². The summed E-state index contributed by atoms with van der Waals surface area (Å²) in [4.78, 5) is 22.3. The Hall–Kier alpha value is -2.65. The van der Waals surface area contributed by atoms with Crippen LogP contribution in [0.2, 0.25) is 0 Å². The average Bonchev–Trinajstić information content (AvgIpc) is 2.44. The van der Waals surface area contributed by atoms with Crippen LogP contribution < -0.4 is 5.32 Å². The van der Waals surface area contributed by atoms with Gasteiger partial charge in [-0.15, -0.1) is 0 Å². The highest BCUT2D eigenvalue weighted by Gasteiger charge is 2.17. The summed E-state index contributed by atoms with van der Waals surface area (Å²) in [6, 6.07) is 7.50. The third-order valence-electron chi connectivity index (χ3n) is 2.48. The Balaban J connectivity index is 2.67. The van der Waals surface area contributed by atoms with E-state index in [0.717, 1.165) is 0 Å². The fourth-order valence-corrected chi connectivity index (χ4v) is 1.49. The molecule has 0 heterocycles. The van der Waals surface area contributed by atoms with Crippen LogP contribution in [0.1, 0.15) is 17.5 Å². The number of carbonyl (C=O) groups is 2. The van der Waals surface area contributed by atoms with Crippen LogP contribution in [0.5, 0.6) is 0 Å². The summed E-state index contributed by atoms with van der Waals surface area (Å²) in [6.07, 6.45) is 2.61. The zero-order chi connectivity index (χ0) is 15.0. The molecule has 1 rings (SSSR count). The Bertz CT molecular complexity index is 561. The van der Waals surface area contributed by atoms with Crippen molar-refractivity contribution in [1.82, 2.24) is 5.32 Å². The van der Waals surface area contributed by atoms with Crippen molar-refractivity contribution in [3.8, 4) is 6.07 Å². The molecule has 0 aromatic heterocycles. The van der Waals surface area contributed by atoms with Gasteiger partial charge >= 0.3 is 5.97 Å². The number of aliphatic hydroxyl groups is 1. The van der Waals surface area contributed by atoms with E-state index in [0.29, 0.717) is 11.1 Å². The van der Waals surface area contributed by atoms with Gasteiger partial charge in [-0.05, 0) is 23.8 Å². The molecule has 0 bridgehead atoms. The zero-order valence-electron chi connectivity index (χ0n) is 10.6. The SMILES string of the molecule is N#Cc1cccc(/C=C/C(=O)N[C@H](CCO)C(=O)O)c1. The van der Waals surface area contributed by atoms with Crippen LogP contribution in [-0.4, -0.2) is 34.7 Å². The second-order valence-corrected chi connectivity index (χ2v) is 3.98. The topological polar surface area (TPSA) is 110 Å². The molecule has 0 saturated heterocycles. The second-order valence-electron chi connectivity index (χ2n) is 3.98. The number of aliphatic carboxylic acids is 1. The van der Waals surface area contributed by atoms with Gasteiger partial charge in [-0.3, -0.25) is 4.79 Å². The number of nitrogens with one attached hydrogen (secondary N) is 1. The van der Waals surface area contributed by atoms with Crippen LogP contribution in [0, 0.1) is 11.3 Å². The number of hydrogen-bond donors (Lipinski definition) is 3. The number of hydrogen-bond acceptors (Lipinski definition) is 4. The molecule has 0 aliphatic rings. The lowest BCUT2D eigenvalue weighted by Gasteiger charge is -2.11. The smallest absolute Gasteiger partial charge is 0.326 e. The molecule has 0 fully saturated rings. The van der Waals surface area contributed by atoms with E-state index in [-0.39, 0.29) is 13.0 Å². The minimum absolute atomic E-state index is 0.0567. The minimum atomic E-state index is -1.20. The molecule has 1 aromatic rings. The molecular weight excluding hydrogens is 260 g/mol. The van der Waals surface area contributed by atoms with Crippen LogP contribution in [0.4, 0.5) is 0 Å². The predicted octanol–water partition coefficient (Wildman–Crippen LogP) is 0.523. The molecule has 1 aromatic carbocycles. The van der Waals surface area contributed by atoms with Crippen LogP contribution in [0.15, 0.2) is 30.3 Å². The summed E-state index contributed by atoms with van der Waals surface area (Å²) in [5.41, 5.74) is 1.13. The molecule has 20 heavy (non-hydrogen) atoms. The molecular formula is C14H14N2O4. The third kappa shape index (κ3) is 4.92. The van der Waals surface area contributed by atoms with E-state index in [1.54, 1.807) is 24.3 Å². The molecule has 104 valence electrons. The molecule has 0 spiro atoms. The molecule has 0 radical (unpaired) electrons. The molecule has 0 saturated carbocycles. The molecule has 6 nitrogen and oxygen atoms in total. The lowest BCUT2D eigenvalue weighted by molar-refractivity contribution is -0.141. The van der Waals surface area contributed by atoms with Gasteiger partial charge in [0.15, 0.2) is 0 Å². The Labute approximate surface area is 116 Å². The Morgan fingerprint density at radius 2 is 2.20 bits per heavy atom. The number of nitriles is 1. The van der Waals surface area contributed by atoms with Gasteiger partial charge < -0.3 is 15.5 Å². The molecule has 0 aliphatic heterocycles. The van der Waals surface area contributed by atoms with E-state index in [1.165, 1.54) is 12.2 Å². The predicted molar refractivity (Wildman–Crippen MR) is 71.5 cm³/mol. The summed E-state index contributed by atoms with van der Waals surface area (Å²) < 4.78 is 0. The summed E-state index contributed by atoms with van der Waals surface area (Å²) in [5, 5.41) is 28.5.